The molecule has 1 heterocycles. The molecule has 0 spiro atoms. The van der Waals surface area contributed by atoms with Crippen LogP contribution >= 0.6 is 0 Å². The number of piperidine rings is 1. The fourth-order valence-electron chi connectivity index (χ4n) is 2.30. The van der Waals surface area contributed by atoms with E-state index >= 15 is 0 Å². The summed E-state index contributed by atoms with van der Waals surface area (Å²) in [4.78, 5) is 2.27. The van der Waals surface area contributed by atoms with Gasteiger partial charge in [-0.3, -0.25) is 4.90 Å². The molecule has 1 aliphatic rings. The molecule has 0 unspecified atom stereocenters. The van der Waals surface area contributed by atoms with E-state index in [9.17, 15) is 4.39 Å². The van der Waals surface area contributed by atoms with Crippen molar-refractivity contribution in [1.82, 2.24) is 4.90 Å². The maximum Gasteiger partial charge on any atom is 0.165 e. The first-order chi connectivity index (χ1) is 8.19. The van der Waals surface area contributed by atoms with Crippen molar-refractivity contribution >= 4 is 0 Å². The van der Waals surface area contributed by atoms with Gasteiger partial charge in [-0.2, -0.15) is 0 Å². The normalized spacial score (nSPS) is 21.5. The van der Waals surface area contributed by atoms with E-state index in [-0.39, 0.29) is 11.9 Å². The second-order valence-corrected chi connectivity index (χ2v) is 4.61. The summed E-state index contributed by atoms with van der Waals surface area (Å²) >= 11 is 0. The number of ether oxygens (including phenoxy) is 1. The lowest BCUT2D eigenvalue weighted by Gasteiger charge is -2.30. The van der Waals surface area contributed by atoms with Crippen molar-refractivity contribution in [2.45, 2.75) is 25.4 Å². The zero-order valence-corrected chi connectivity index (χ0v) is 10.2. The van der Waals surface area contributed by atoms with Crippen molar-refractivity contribution in [3.63, 3.8) is 0 Å². The molecular formula is C13H19FN2O. The number of nitrogens with two attached hydrogens (primary N) is 1. The highest BCUT2D eigenvalue weighted by Crippen LogP contribution is 2.19. The molecule has 1 aromatic rings. The third-order valence-electron chi connectivity index (χ3n) is 3.16. The molecule has 3 nitrogen and oxygen atoms in total. The average molecular weight is 238 g/mol. The second kappa shape index (κ2) is 5.47. The van der Waals surface area contributed by atoms with E-state index in [0.29, 0.717) is 5.75 Å². The van der Waals surface area contributed by atoms with Crippen molar-refractivity contribution in [3.8, 4) is 5.75 Å². The van der Waals surface area contributed by atoms with E-state index < -0.39 is 0 Å². The van der Waals surface area contributed by atoms with Gasteiger partial charge in [-0.05, 0) is 37.1 Å². The Morgan fingerprint density at radius 2 is 2.35 bits per heavy atom. The number of rotatable bonds is 3. The topological polar surface area (TPSA) is 38.5 Å². The minimum Gasteiger partial charge on any atom is -0.494 e. The molecular weight excluding hydrogens is 219 g/mol. The third-order valence-corrected chi connectivity index (χ3v) is 3.16. The van der Waals surface area contributed by atoms with Crippen molar-refractivity contribution in [2.75, 3.05) is 20.2 Å². The highest BCUT2D eigenvalue weighted by atomic mass is 19.1. The first-order valence-electron chi connectivity index (χ1n) is 5.99. The predicted molar refractivity (Wildman–Crippen MR) is 65.4 cm³/mol. The minimum absolute atomic E-state index is 0.256. The van der Waals surface area contributed by atoms with Crippen LogP contribution in [0.4, 0.5) is 4.39 Å². The van der Waals surface area contributed by atoms with Gasteiger partial charge in [0.15, 0.2) is 11.6 Å². The molecule has 94 valence electrons. The Morgan fingerprint density at radius 1 is 1.53 bits per heavy atom. The molecule has 0 saturated carbocycles. The maximum atomic E-state index is 13.5. The van der Waals surface area contributed by atoms with Crippen molar-refractivity contribution < 1.29 is 9.13 Å². The first-order valence-corrected chi connectivity index (χ1v) is 5.99. The fraction of sp³-hybridized carbons (Fsp3) is 0.538. The van der Waals surface area contributed by atoms with E-state index in [1.54, 1.807) is 12.1 Å². The van der Waals surface area contributed by atoms with Crippen molar-refractivity contribution in [3.05, 3.63) is 29.6 Å². The zero-order valence-electron chi connectivity index (χ0n) is 10.2. The van der Waals surface area contributed by atoms with Crippen LogP contribution in [0, 0.1) is 5.82 Å². The predicted octanol–water partition coefficient (Wildman–Crippen LogP) is 1.76. The fourth-order valence-corrected chi connectivity index (χ4v) is 2.30. The Labute approximate surface area is 101 Å². The van der Waals surface area contributed by atoms with Crippen molar-refractivity contribution in [2.24, 2.45) is 5.73 Å². The van der Waals surface area contributed by atoms with Gasteiger partial charge < -0.3 is 10.5 Å². The zero-order chi connectivity index (χ0) is 12.3. The third kappa shape index (κ3) is 3.17. The number of hydrogen-bond donors (Lipinski definition) is 1. The lowest BCUT2D eigenvalue weighted by Crippen LogP contribution is -2.42. The van der Waals surface area contributed by atoms with Crippen LogP contribution in [0.25, 0.3) is 0 Å². The van der Waals surface area contributed by atoms with Gasteiger partial charge in [0.05, 0.1) is 7.11 Å². The molecule has 0 radical (unpaired) electrons. The van der Waals surface area contributed by atoms with Crippen LogP contribution in [0.2, 0.25) is 0 Å². The maximum absolute atomic E-state index is 13.5. The van der Waals surface area contributed by atoms with Gasteiger partial charge in [-0.1, -0.05) is 6.07 Å². The van der Waals surface area contributed by atoms with Gasteiger partial charge in [0.1, 0.15) is 0 Å². The second-order valence-electron chi connectivity index (χ2n) is 4.61. The monoisotopic (exact) mass is 238 g/mol. The number of methoxy groups -OCH3 is 1. The number of halogens is 1. The van der Waals surface area contributed by atoms with Crippen LogP contribution in [-0.2, 0) is 6.54 Å². The summed E-state index contributed by atoms with van der Waals surface area (Å²) in [5.74, 6) is -0.00426. The van der Waals surface area contributed by atoms with Crippen LogP contribution in [-0.4, -0.2) is 31.1 Å². The van der Waals surface area contributed by atoms with Crippen LogP contribution in [0.3, 0.4) is 0 Å². The number of hydrogen-bond acceptors (Lipinski definition) is 3. The van der Waals surface area contributed by atoms with E-state index in [2.05, 4.69) is 4.90 Å². The van der Waals surface area contributed by atoms with Crippen LogP contribution in [0.15, 0.2) is 18.2 Å². The lowest BCUT2D eigenvalue weighted by atomic mass is 10.1. The number of nitrogens with zero attached hydrogens (tertiary/aromatic N) is 1. The molecule has 17 heavy (non-hydrogen) atoms. The molecule has 4 heteroatoms. The summed E-state index contributed by atoms with van der Waals surface area (Å²) in [5.41, 5.74) is 6.89. The minimum atomic E-state index is -0.300. The summed E-state index contributed by atoms with van der Waals surface area (Å²) in [7, 11) is 1.47. The highest BCUT2D eigenvalue weighted by Gasteiger charge is 2.17. The van der Waals surface area contributed by atoms with E-state index in [4.69, 9.17) is 10.5 Å². The summed E-state index contributed by atoms with van der Waals surface area (Å²) in [6.07, 6.45) is 2.22. The van der Waals surface area contributed by atoms with E-state index in [1.807, 2.05) is 6.07 Å². The Kier molecular flexibility index (Phi) is 3.97. The summed E-state index contributed by atoms with van der Waals surface area (Å²) in [6.45, 7) is 2.70. The average Bonchev–Trinajstić information content (AvgIpc) is 2.29. The first kappa shape index (κ1) is 12.3. The summed E-state index contributed by atoms with van der Waals surface area (Å²) in [6, 6.07) is 5.38. The molecule has 2 rings (SSSR count). The number of benzene rings is 1. The Morgan fingerprint density at radius 3 is 3.00 bits per heavy atom. The van der Waals surface area contributed by atoms with Gasteiger partial charge in [-0.25, -0.2) is 4.39 Å². The van der Waals surface area contributed by atoms with E-state index in [0.717, 1.165) is 38.0 Å². The summed E-state index contributed by atoms with van der Waals surface area (Å²) < 4.78 is 18.4. The SMILES string of the molecule is COc1ccc(CN2CCC[C@H](N)C2)cc1F. The highest BCUT2D eigenvalue weighted by molar-refractivity contribution is 5.29. The van der Waals surface area contributed by atoms with Crippen LogP contribution < -0.4 is 10.5 Å². The Bertz CT molecular complexity index is 384. The number of likely N-dealkylation sites (tertiary alicyclic amines) is 1. The van der Waals surface area contributed by atoms with Gasteiger partial charge in [0, 0.05) is 19.1 Å². The molecule has 1 aliphatic heterocycles. The van der Waals surface area contributed by atoms with Gasteiger partial charge in [0.2, 0.25) is 0 Å². The molecule has 0 aromatic heterocycles. The Balaban J connectivity index is 2.00. The smallest absolute Gasteiger partial charge is 0.165 e. The van der Waals surface area contributed by atoms with Gasteiger partial charge in [0.25, 0.3) is 0 Å². The Hall–Kier alpha value is -1.13. The van der Waals surface area contributed by atoms with Gasteiger partial charge >= 0.3 is 0 Å². The standard InChI is InChI=1S/C13H19FN2O/c1-17-13-5-4-10(7-12(13)14)8-16-6-2-3-11(15)9-16/h4-5,7,11H,2-3,6,8-9,15H2,1H3/t11-/m0/s1. The quantitative estimate of drug-likeness (QED) is 0.872. The molecule has 1 fully saturated rings. The van der Waals surface area contributed by atoms with Crippen molar-refractivity contribution in [1.29, 1.82) is 0 Å². The summed E-state index contributed by atoms with van der Waals surface area (Å²) in [5, 5.41) is 0. The van der Waals surface area contributed by atoms with Crippen LogP contribution in [0.5, 0.6) is 5.75 Å². The largest absolute Gasteiger partial charge is 0.494 e. The molecule has 2 N–H and O–H groups in total. The molecule has 0 bridgehead atoms. The molecule has 1 atom stereocenters. The van der Waals surface area contributed by atoms with Crippen LogP contribution in [0.1, 0.15) is 18.4 Å². The molecule has 1 aromatic carbocycles. The van der Waals surface area contributed by atoms with E-state index in [1.165, 1.54) is 7.11 Å². The molecule has 1 saturated heterocycles. The lowest BCUT2D eigenvalue weighted by molar-refractivity contribution is 0.201. The molecule has 0 amide bonds. The van der Waals surface area contributed by atoms with Gasteiger partial charge in [-0.15, -0.1) is 0 Å². The molecule has 0 aliphatic carbocycles.